The van der Waals surface area contributed by atoms with E-state index in [4.69, 9.17) is 4.74 Å². The lowest BCUT2D eigenvalue weighted by Gasteiger charge is -2.01. The van der Waals surface area contributed by atoms with E-state index in [-0.39, 0.29) is 10.9 Å². The molecule has 0 bridgehead atoms. The number of ether oxygens (including phenoxy) is 1. The minimum absolute atomic E-state index is 0.0748. The fourth-order valence-corrected chi connectivity index (χ4v) is 1.20. The standard InChI is InChI=1S/C9H7FN2O2/c1-14-5-2-6-7(10)4-12-9(13)8(6)11-3-5/h2-4H,1H3,(H,12,13). The van der Waals surface area contributed by atoms with Crippen LogP contribution in [0.1, 0.15) is 0 Å². The van der Waals surface area contributed by atoms with Gasteiger partial charge in [0.25, 0.3) is 5.56 Å². The Hall–Kier alpha value is -1.91. The van der Waals surface area contributed by atoms with Crippen molar-refractivity contribution in [1.29, 1.82) is 0 Å². The first-order chi connectivity index (χ1) is 6.72. The topological polar surface area (TPSA) is 55.0 Å². The number of hydrogen-bond acceptors (Lipinski definition) is 3. The van der Waals surface area contributed by atoms with Gasteiger partial charge in [0.2, 0.25) is 0 Å². The van der Waals surface area contributed by atoms with Crippen LogP contribution < -0.4 is 10.3 Å². The van der Waals surface area contributed by atoms with Crippen LogP contribution in [0, 0.1) is 5.82 Å². The Morgan fingerprint density at radius 2 is 2.36 bits per heavy atom. The minimum Gasteiger partial charge on any atom is -0.495 e. The molecule has 0 fully saturated rings. The second-order valence-electron chi connectivity index (χ2n) is 2.74. The third kappa shape index (κ3) is 1.22. The minimum atomic E-state index is -0.522. The highest BCUT2D eigenvalue weighted by Crippen LogP contribution is 2.17. The lowest BCUT2D eigenvalue weighted by Crippen LogP contribution is -2.08. The van der Waals surface area contributed by atoms with Gasteiger partial charge in [-0.15, -0.1) is 0 Å². The summed E-state index contributed by atoms with van der Waals surface area (Å²) >= 11 is 0. The maximum absolute atomic E-state index is 13.2. The van der Waals surface area contributed by atoms with Gasteiger partial charge in [0.15, 0.2) is 0 Å². The smallest absolute Gasteiger partial charge is 0.274 e. The first-order valence-electron chi connectivity index (χ1n) is 3.93. The van der Waals surface area contributed by atoms with Crippen LogP contribution in [0.15, 0.2) is 23.3 Å². The van der Waals surface area contributed by atoms with Gasteiger partial charge in [0.1, 0.15) is 17.1 Å². The fraction of sp³-hybridized carbons (Fsp3) is 0.111. The van der Waals surface area contributed by atoms with E-state index in [1.807, 2.05) is 0 Å². The van der Waals surface area contributed by atoms with E-state index in [1.54, 1.807) is 0 Å². The molecule has 5 heteroatoms. The average Bonchev–Trinajstić information content (AvgIpc) is 2.23. The molecule has 2 heterocycles. The molecule has 72 valence electrons. The Kier molecular flexibility index (Phi) is 1.92. The Morgan fingerprint density at radius 3 is 3.07 bits per heavy atom. The predicted octanol–water partition coefficient (Wildman–Crippen LogP) is 1.07. The van der Waals surface area contributed by atoms with Crippen LogP contribution >= 0.6 is 0 Å². The van der Waals surface area contributed by atoms with E-state index in [2.05, 4.69) is 9.97 Å². The lowest BCUT2D eigenvalue weighted by molar-refractivity contribution is 0.413. The van der Waals surface area contributed by atoms with Gasteiger partial charge in [-0.1, -0.05) is 0 Å². The maximum Gasteiger partial charge on any atom is 0.274 e. The molecule has 0 aromatic carbocycles. The summed E-state index contributed by atoms with van der Waals surface area (Å²) in [5.41, 5.74) is -0.338. The monoisotopic (exact) mass is 194 g/mol. The van der Waals surface area contributed by atoms with Crippen LogP contribution in [0.25, 0.3) is 10.9 Å². The highest BCUT2D eigenvalue weighted by atomic mass is 19.1. The third-order valence-corrected chi connectivity index (χ3v) is 1.90. The predicted molar refractivity (Wildman–Crippen MR) is 48.9 cm³/mol. The second-order valence-corrected chi connectivity index (χ2v) is 2.74. The number of halogens is 1. The summed E-state index contributed by atoms with van der Waals surface area (Å²) in [4.78, 5) is 17.3. The van der Waals surface area contributed by atoms with Crippen molar-refractivity contribution in [3.63, 3.8) is 0 Å². The summed E-state index contributed by atoms with van der Waals surface area (Å²) in [5.74, 6) is -0.104. The summed E-state index contributed by atoms with van der Waals surface area (Å²) < 4.78 is 18.1. The van der Waals surface area contributed by atoms with Crippen molar-refractivity contribution < 1.29 is 9.13 Å². The van der Waals surface area contributed by atoms with Gasteiger partial charge in [-0.25, -0.2) is 9.37 Å². The molecule has 0 atom stereocenters. The number of methoxy groups -OCH3 is 1. The molecule has 2 aromatic rings. The number of H-pyrrole nitrogens is 1. The zero-order valence-electron chi connectivity index (χ0n) is 7.37. The van der Waals surface area contributed by atoms with Crippen molar-refractivity contribution in [3.8, 4) is 5.75 Å². The molecule has 0 aliphatic rings. The molecule has 0 unspecified atom stereocenters. The molecule has 0 radical (unpaired) electrons. The van der Waals surface area contributed by atoms with E-state index in [0.717, 1.165) is 6.20 Å². The molecular formula is C9H7FN2O2. The molecule has 2 rings (SSSR count). The highest BCUT2D eigenvalue weighted by Gasteiger charge is 2.06. The average molecular weight is 194 g/mol. The van der Waals surface area contributed by atoms with Crippen LogP contribution in [0.2, 0.25) is 0 Å². The summed E-state index contributed by atoms with van der Waals surface area (Å²) in [6.45, 7) is 0. The number of hydrogen-bond donors (Lipinski definition) is 1. The Morgan fingerprint density at radius 1 is 1.57 bits per heavy atom. The molecule has 0 aliphatic carbocycles. The zero-order chi connectivity index (χ0) is 10.1. The summed E-state index contributed by atoms with van der Waals surface area (Å²) in [7, 11) is 1.45. The molecule has 0 saturated carbocycles. The second kappa shape index (κ2) is 3.10. The molecule has 0 amide bonds. The van der Waals surface area contributed by atoms with E-state index in [0.29, 0.717) is 5.75 Å². The van der Waals surface area contributed by atoms with Crippen molar-refractivity contribution in [2.45, 2.75) is 0 Å². The van der Waals surface area contributed by atoms with Gasteiger partial charge in [0, 0.05) is 11.6 Å². The van der Waals surface area contributed by atoms with Crippen LogP contribution in [0.3, 0.4) is 0 Å². The molecule has 4 nitrogen and oxygen atoms in total. The Bertz CT molecular complexity index is 536. The SMILES string of the molecule is COc1cnc2c(=O)[nH]cc(F)c2c1. The van der Waals surface area contributed by atoms with E-state index in [9.17, 15) is 9.18 Å². The largest absolute Gasteiger partial charge is 0.495 e. The molecule has 14 heavy (non-hydrogen) atoms. The van der Waals surface area contributed by atoms with Crippen molar-refractivity contribution in [2.75, 3.05) is 7.11 Å². The molecule has 0 spiro atoms. The normalized spacial score (nSPS) is 10.4. The zero-order valence-corrected chi connectivity index (χ0v) is 7.37. The Labute approximate surface area is 78.4 Å². The van der Waals surface area contributed by atoms with Gasteiger partial charge >= 0.3 is 0 Å². The maximum atomic E-state index is 13.2. The van der Waals surface area contributed by atoms with Gasteiger partial charge in [-0.3, -0.25) is 4.79 Å². The molecule has 0 aliphatic heterocycles. The first-order valence-corrected chi connectivity index (χ1v) is 3.93. The van der Waals surface area contributed by atoms with Crippen molar-refractivity contribution in [1.82, 2.24) is 9.97 Å². The molecular weight excluding hydrogens is 187 g/mol. The number of pyridine rings is 2. The summed E-state index contributed by atoms with van der Waals surface area (Å²) in [6, 6.07) is 1.44. The Balaban J connectivity index is 2.87. The van der Waals surface area contributed by atoms with Crippen LogP contribution in [0.5, 0.6) is 5.75 Å². The van der Waals surface area contributed by atoms with Gasteiger partial charge in [0.05, 0.1) is 13.3 Å². The molecule has 0 saturated heterocycles. The number of aromatic nitrogens is 2. The quantitative estimate of drug-likeness (QED) is 0.738. The van der Waals surface area contributed by atoms with Crippen molar-refractivity contribution in [3.05, 3.63) is 34.6 Å². The lowest BCUT2D eigenvalue weighted by atomic mass is 10.2. The fourth-order valence-electron chi connectivity index (χ4n) is 1.20. The molecule has 2 aromatic heterocycles. The first kappa shape index (κ1) is 8.68. The number of nitrogens with one attached hydrogen (secondary N) is 1. The third-order valence-electron chi connectivity index (χ3n) is 1.90. The van der Waals surface area contributed by atoms with Crippen molar-refractivity contribution in [2.24, 2.45) is 0 Å². The number of rotatable bonds is 1. The van der Waals surface area contributed by atoms with Crippen LogP contribution in [-0.4, -0.2) is 17.1 Å². The molecule has 1 N–H and O–H groups in total. The van der Waals surface area contributed by atoms with Crippen LogP contribution in [0.4, 0.5) is 4.39 Å². The van der Waals surface area contributed by atoms with Crippen molar-refractivity contribution >= 4 is 10.9 Å². The van der Waals surface area contributed by atoms with Gasteiger partial charge < -0.3 is 9.72 Å². The van der Waals surface area contributed by atoms with E-state index in [1.165, 1.54) is 19.4 Å². The van der Waals surface area contributed by atoms with Gasteiger partial charge in [-0.2, -0.15) is 0 Å². The number of fused-ring (bicyclic) bond motifs is 1. The number of nitrogens with zero attached hydrogens (tertiary/aromatic N) is 1. The van der Waals surface area contributed by atoms with E-state index >= 15 is 0 Å². The number of aromatic amines is 1. The van der Waals surface area contributed by atoms with E-state index < -0.39 is 11.4 Å². The summed E-state index contributed by atoms with van der Waals surface area (Å²) in [6.07, 6.45) is 2.38. The summed E-state index contributed by atoms with van der Waals surface area (Å²) in [5, 5.41) is 0.160. The highest BCUT2D eigenvalue weighted by molar-refractivity contribution is 5.79. The van der Waals surface area contributed by atoms with Gasteiger partial charge in [-0.05, 0) is 6.07 Å². The van der Waals surface area contributed by atoms with Crippen LogP contribution in [-0.2, 0) is 0 Å².